The molecule has 0 radical (unpaired) electrons. The van der Waals surface area contributed by atoms with Crippen molar-refractivity contribution >= 4 is 29.3 Å². The van der Waals surface area contributed by atoms with Gasteiger partial charge in [0, 0.05) is 48.1 Å². The predicted molar refractivity (Wildman–Crippen MR) is 125 cm³/mol. The summed E-state index contributed by atoms with van der Waals surface area (Å²) in [4.78, 5) is 42.6. The van der Waals surface area contributed by atoms with E-state index in [-0.39, 0.29) is 30.0 Å². The van der Waals surface area contributed by atoms with Gasteiger partial charge in [-0.3, -0.25) is 19.3 Å². The zero-order valence-electron chi connectivity index (χ0n) is 19.1. The number of nitrogens with zero attached hydrogens (tertiary/aromatic N) is 2. The molecule has 7 nitrogen and oxygen atoms in total. The van der Waals surface area contributed by atoms with Crippen molar-refractivity contribution in [2.24, 2.45) is 0 Å². The summed E-state index contributed by atoms with van der Waals surface area (Å²) in [5.74, 6) is -1.47. The Morgan fingerprint density at radius 1 is 1.06 bits per heavy atom. The summed E-state index contributed by atoms with van der Waals surface area (Å²) >= 11 is 5.93. The second-order valence-corrected chi connectivity index (χ2v) is 9.36. The van der Waals surface area contributed by atoms with Crippen LogP contribution in [0.25, 0.3) is 0 Å². The van der Waals surface area contributed by atoms with E-state index in [1.165, 1.54) is 23.1 Å². The lowest BCUT2D eigenvalue weighted by Crippen LogP contribution is -2.60. The Labute approximate surface area is 202 Å². The van der Waals surface area contributed by atoms with Gasteiger partial charge in [0.2, 0.25) is 5.91 Å². The predicted octanol–water partition coefficient (Wildman–Crippen LogP) is 3.48. The molecular weight excluding hydrogens is 461 g/mol. The van der Waals surface area contributed by atoms with E-state index < -0.39 is 23.5 Å². The molecule has 1 spiro atoms. The van der Waals surface area contributed by atoms with Crippen LogP contribution in [0.2, 0.25) is 5.02 Å². The summed E-state index contributed by atoms with van der Waals surface area (Å²) < 4.78 is 20.0. The number of benzene rings is 2. The molecule has 180 valence electrons. The van der Waals surface area contributed by atoms with E-state index in [9.17, 15) is 18.8 Å². The quantitative estimate of drug-likeness (QED) is 0.716. The Kier molecular flexibility index (Phi) is 6.91. The molecule has 2 aromatic carbocycles. The molecule has 0 aromatic heterocycles. The van der Waals surface area contributed by atoms with E-state index in [1.807, 2.05) is 13.8 Å². The molecular formula is C25H27ClFN3O4. The molecule has 2 heterocycles. The van der Waals surface area contributed by atoms with Crippen LogP contribution in [0.4, 0.5) is 4.39 Å². The van der Waals surface area contributed by atoms with Crippen molar-refractivity contribution in [2.45, 2.75) is 44.5 Å². The van der Waals surface area contributed by atoms with Crippen LogP contribution >= 0.6 is 11.6 Å². The topological polar surface area (TPSA) is 79.0 Å². The third-order valence-electron chi connectivity index (χ3n) is 6.21. The lowest BCUT2D eigenvalue weighted by Gasteiger charge is -2.44. The van der Waals surface area contributed by atoms with Crippen molar-refractivity contribution in [2.75, 3.05) is 19.7 Å². The zero-order valence-corrected chi connectivity index (χ0v) is 19.8. The van der Waals surface area contributed by atoms with Crippen LogP contribution in [0.3, 0.4) is 0 Å². The minimum Gasteiger partial charge on any atom is -0.353 e. The first-order valence-electron chi connectivity index (χ1n) is 11.3. The Morgan fingerprint density at radius 3 is 2.35 bits per heavy atom. The summed E-state index contributed by atoms with van der Waals surface area (Å²) in [7, 11) is 0. The number of carbonyl (C=O) groups is 3. The first kappa shape index (κ1) is 24.2. The van der Waals surface area contributed by atoms with E-state index in [0.29, 0.717) is 36.5 Å². The Morgan fingerprint density at radius 2 is 1.74 bits per heavy atom. The van der Waals surface area contributed by atoms with E-state index in [4.69, 9.17) is 16.3 Å². The number of rotatable bonds is 4. The van der Waals surface area contributed by atoms with Gasteiger partial charge in [0.15, 0.2) is 0 Å². The van der Waals surface area contributed by atoms with E-state index in [1.54, 1.807) is 29.2 Å². The second-order valence-electron chi connectivity index (χ2n) is 8.92. The van der Waals surface area contributed by atoms with Crippen LogP contribution in [-0.2, 0) is 9.53 Å². The smallest absolute Gasteiger partial charge is 0.256 e. The fourth-order valence-electron chi connectivity index (χ4n) is 4.54. The second kappa shape index (κ2) is 9.72. The van der Waals surface area contributed by atoms with Gasteiger partial charge in [-0.15, -0.1) is 0 Å². The van der Waals surface area contributed by atoms with Gasteiger partial charge >= 0.3 is 0 Å². The molecule has 0 bridgehead atoms. The van der Waals surface area contributed by atoms with Gasteiger partial charge in [0.05, 0.1) is 6.61 Å². The fraction of sp³-hybridized carbons (Fsp3) is 0.400. The van der Waals surface area contributed by atoms with Crippen LogP contribution in [0.5, 0.6) is 0 Å². The van der Waals surface area contributed by atoms with Crippen LogP contribution in [0.1, 0.15) is 47.4 Å². The van der Waals surface area contributed by atoms with Gasteiger partial charge in [-0.25, -0.2) is 4.39 Å². The maximum atomic E-state index is 13.9. The van der Waals surface area contributed by atoms with Gasteiger partial charge < -0.3 is 15.0 Å². The monoisotopic (exact) mass is 487 g/mol. The molecule has 2 fully saturated rings. The number of likely N-dealkylation sites (tertiary alicyclic amines) is 1. The summed E-state index contributed by atoms with van der Waals surface area (Å²) in [5.41, 5.74) is -0.388. The van der Waals surface area contributed by atoms with Gasteiger partial charge in [-0.2, -0.15) is 0 Å². The summed E-state index contributed by atoms with van der Waals surface area (Å²) in [6.45, 7) is 4.39. The molecule has 34 heavy (non-hydrogen) atoms. The lowest BCUT2D eigenvalue weighted by molar-refractivity contribution is -0.128. The number of piperidine rings is 1. The van der Waals surface area contributed by atoms with Crippen molar-refractivity contribution in [1.29, 1.82) is 0 Å². The molecule has 2 aromatic rings. The molecule has 1 atom stereocenters. The van der Waals surface area contributed by atoms with E-state index in [0.717, 1.165) is 6.07 Å². The molecule has 0 saturated carbocycles. The van der Waals surface area contributed by atoms with Crippen molar-refractivity contribution in [1.82, 2.24) is 15.1 Å². The number of carbonyl (C=O) groups excluding carboxylic acids is 3. The zero-order chi connectivity index (χ0) is 24.5. The van der Waals surface area contributed by atoms with E-state index in [2.05, 4.69) is 5.32 Å². The number of hydrogen-bond donors (Lipinski definition) is 1. The lowest BCUT2D eigenvalue weighted by atomic mass is 9.96. The SMILES string of the molecule is CC(C)NC(=O)[C@H]1COC2(CCN(C(=O)c3ccc(Cl)cc3)CC2)N1C(=O)c1cccc(F)c1. The highest BCUT2D eigenvalue weighted by Crippen LogP contribution is 2.39. The number of halogens is 2. The first-order valence-corrected chi connectivity index (χ1v) is 11.7. The number of nitrogens with one attached hydrogen (secondary N) is 1. The van der Waals surface area contributed by atoms with Gasteiger partial charge in [0.25, 0.3) is 11.8 Å². The third-order valence-corrected chi connectivity index (χ3v) is 6.46. The Bertz CT molecular complexity index is 1080. The minimum atomic E-state index is -1.06. The summed E-state index contributed by atoms with van der Waals surface area (Å²) in [6.07, 6.45) is 0.664. The Balaban J connectivity index is 1.58. The highest BCUT2D eigenvalue weighted by atomic mass is 35.5. The molecule has 2 saturated heterocycles. The van der Waals surface area contributed by atoms with Crippen molar-refractivity contribution in [3.63, 3.8) is 0 Å². The molecule has 0 aliphatic carbocycles. The maximum absolute atomic E-state index is 13.9. The number of hydrogen-bond acceptors (Lipinski definition) is 4. The molecule has 0 unspecified atom stereocenters. The van der Waals surface area contributed by atoms with Gasteiger partial charge in [-0.05, 0) is 56.3 Å². The normalized spacial score (nSPS) is 19.5. The first-order chi connectivity index (χ1) is 16.2. The summed E-state index contributed by atoms with van der Waals surface area (Å²) in [5, 5.41) is 3.39. The van der Waals surface area contributed by atoms with Gasteiger partial charge in [0.1, 0.15) is 17.6 Å². The Hall–Kier alpha value is -2.97. The van der Waals surface area contributed by atoms with Crippen molar-refractivity contribution in [3.8, 4) is 0 Å². The van der Waals surface area contributed by atoms with Crippen LogP contribution < -0.4 is 5.32 Å². The summed E-state index contributed by atoms with van der Waals surface area (Å²) in [6, 6.07) is 11.1. The van der Waals surface area contributed by atoms with Crippen LogP contribution in [0.15, 0.2) is 48.5 Å². The highest BCUT2D eigenvalue weighted by Gasteiger charge is 2.54. The van der Waals surface area contributed by atoms with Crippen molar-refractivity contribution < 1.29 is 23.5 Å². The minimum absolute atomic E-state index is 0.0325. The highest BCUT2D eigenvalue weighted by molar-refractivity contribution is 6.30. The fourth-order valence-corrected chi connectivity index (χ4v) is 4.67. The van der Waals surface area contributed by atoms with Gasteiger partial charge in [-0.1, -0.05) is 17.7 Å². The molecule has 2 aliphatic rings. The average Bonchev–Trinajstić information content (AvgIpc) is 3.17. The molecule has 2 aliphatic heterocycles. The number of ether oxygens (including phenoxy) is 1. The molecule has 4 rings (SSSR count). The molecule has 3 amide bonds. The third kappa shape index (κ3) is 4.79. The molecule has 9 heteroatoms. The van der Waals surface area contributed by atoms with Crippen LogP contribution in [-0.4, -0.2) is 65.0 Å². The number of amides is 3. The molecule has 1 N–H and O–H groups in total. The van der Waals surface area contributed by atoms with Crippen molar-refractivity contribution in [3.05, 3.63) is 70.5 Å². The van der Waals surface area contributed by atoms with E-state index >= 15 is 0 Å². The maximum Gasteiger partial charge on any atom is 0.256 e. The largest absolute Gasteiger partial charge is 0.353 e. The standard InChI is InChI=1S/C25H27ClFN3O4/c1-16(2)28-22(31)21-15-34-25(30(21)24(33)18-4-3-5-20(27)14-18)10-12-29(13-11-25)23(32)17-6-8-19(26)9-7-17/h3-9,14,16,21H,10-13,15H2,1-2H3,(H,28,31)/t21-/m1/s1. The average molecular weight is 488 g/mol. The van der Waals surface area contributed by atoms with Crippen LogP contribution in [0, 0.1) is 5.82 Å².